The summed E-state index contributed by atoms with van der Waals surface area (Å²) in [6, 6.07) is 5.41. The van der Waals surface area contributed by atoms with Crippen LogP contribution in [0.25, 0.3) is 11.0 Å². The maximum Gasteiger partial charge on any atom is 0.336 e. The average molecular weight is 258 g/mol. The molecule has 0 fully saturated rings. The molecule has 0 atom stereocenters. The number of carboxylic acid groups (broad SMARTS) is 1. The fourth-order valence-corrected chi connectivity index (χ4v) is 2.77. The molecule has 18 heavy (non-hydrogen) atoms. The van der Waals surface area contributed by atoms with Crippen LogP contribution in [0.2, 0.25) is 0 Å². The van der Waals surface area contributed by atoms with Crippen LogP contribution in [0.15, 0.2) is 42.5 Å². The van der Waals surface area contributed by atoms with Gasteiger partial charge >= 0.3 is 5.97 Å². The summed E-state index contributed by atoms with van der Waals surface area (Å²) in [4.78, 5) is 12.4. The van der Waals surface area contributed by atoms with Crippen molar-refractivity contribution in [3.63, 3.8) is 0 Å². The Labute approximate surface area is 111 Å². The topological polar surface area (TPSA) is 37.3 Å². The van der Waals surface area contributed by atoms with Crippen molar-refractivity contribution in [2.75, 3.05) is 5.75 Å². The van der Waals surface area contributed by atoms with Crippen LogP contribution in [-0.2, 0) is 0 Å². The van der Waals surface area contributed by atoms with Gasteiger partial charge in [0, 0.05) is 10.7 Å². The van der Waals surface area contributed by atoms with Crippen molar-refractivity contribution in [1.82, 2.24) is 0 Å². The van der Waals surface area contributed by atoms with E-state index in [1.807, 2.05) is 37.3 Å². The van der Waals surface area contributed by atoms with Gasteiger partial charge in [-0.25, -0.2) is 4.79 Å². The molecule has 1 aromatic rings. The molecule has 0 spiro atoms. The molecule has 1 N–H and O–H groups in total. The lowest BCUT2D eigenvalue weighted by Gasteiger charge is -2.13. The normalized spacial score (nSPS) is 14.8. The SMILES string of the molecule is CC=Cc1c(C(=O)O)cccc1C1=CC=CCS1. The quantitative estimate of drug-likeness (QED) is 0.888. The first-order valence-corrected chi connectivity index (χ1v) is 6.71. The third-order valence-corrected chi connectivity index (χ3v) is 3.68. The molecule has 0 saturated heterocycles. The second kappa shape index (κ2) is 5.74. The van der Waals surface area contributed by atoms with Crippen molar-refractivity contribution in [3.05, 3.63) is 59.2 Å². The van der Waals surface area contributed by atoms with Gasteiger partial charge in [0.2, 0.25) is 0 Å². The van der Waals surface area contributed by atoms with Gasteiger partial charge in [-0.05, 0) is 30.2 Å². The van der Waals surface area contributed by atoms with E-state index in [0.717, 1.165) is 21.8 Å². The van der Waals surface area contributed by atoms with Gasteiger partial charge in [-0.1, -0.05) is 36.4 Å². The molecule has 2 nitrogen and oxygen atoms in total. The highest BCUT2D eigenvalue weighted by atomic mass is 32.2. The molecule has 0 unspecified atom stereocenters. The summed E-state index contributed by atoms with van der Waals surface area (Å²) >= 11 is 1.72. The molecule has 0 bridgehead atoms. The van der Waals surface area contributed by atoms with E-state index < -0.39 is 5.97 Å². The van der Waals surface area contributed by atoms with Crippen LogP contribution in [0.3, 0.4) is 0 Å². The molecule has 0 aliphatic carbocycles. The molecular weight excluding hydrogens is 244 g/mol. The van der Waals surface area contributed by atoms with Crippen molar-refractivity contribution in [2.45, 2.75) is 6.92 Å². The van der Waals surface area contributed by atoms with E-state index in [1.165, 1.54) is 0 Å². The standard InChI is InChI=1S/C15H14O2S/c1-2-6-11-12(14-9-3-4-10-18-14)7-5-8-13(11)15(16)17/h2-9H,10H2,1H3,(H,16,17). The van der Waals surface area contributed by atoms with Crippen molar-refractivity contribution < 1.29 is 9.90 Å². The lowest BCUT2D eigenvalue weighted by atomic mass is 9.99. The minimum atomic E-state index is -0.887. The van der Waals surface area contributed by atoms with Crippen LogP contribution in [0.4, 0.5) is 0 Å². The first-order chi connectivity index (χ1) is 8.74. The molecule has 0 amide bonds. The molecule has 92 valence electrons. The highest BCUT2D eigenvalue weighted by Gasteiger charge is 2.14. The number of thioether (sulfide) groups is 1. The lowest BCUT2D eigenvalue weighted by molar-refractivity contribution is 0.0696. The van der Waals surface area contributed by atoms with Gasteiger partial charge in [0.1, 0.15) is 0 Å². The Morgan fingerprint density at radius 2 is 2.28 bits per heavy atom. The Morgan fingerprint density at radius 3 is 2.89 bits per heavy atom. The number of carboxylic acids is 1. The number of aromatic carboxylic acids is 1. The number of benzene rings is 1. The highest BCUT2D eigenvalue weighted by Crippen LogP contribution is 2.34. The van der Waals surface area contributed by atoms with Crippen molar-refractivity contribution in [1.29, 1.82) is 0 Å². The first kappa shape index (κ1) is 12.7. The summed E-state index contributed by atoms with van der Waals surface area (Å²) in [6.45, 7) is 1.89. The third kappa shape index (κ3) is 2.57. The predicted molar refractivity (Wildman–Crippen MR) is 77.7 cm³/mol. The van der Waals surface area contributed by atoms with Crippen molar-refractivity contribution in [3.8, 4) is 0 Å². The Balaban J connectivity index is 2.59. The Bertz CT molecular complexity index is 554. The molecule has 1 aromatic carbocycles. The minimum absolute atomic E-state index is 0.349. The van der Waals surface area contributed by atoms with Gasteiger partial charge in [0.25, 0.3) is 0 Å². The molecule has 1 aliphatic rings. The zero-order valence-electron chi connectivity index (χ0n) is 10.1. The third-order valence-electron chi connectivity index (χ3n) is 2.65. The van der Waals surface area contributed by atoms with Gasteiger partial charge in [-0.3, -0.25) is 0 Å². The van der Waals surface area contributed by atoms with Gasteiger partial charge in [-0.15, -0.1) is 11.8 Å². The fraction of sp³-hybridized carbons (Fsp3) is 0.133. The smallest absolute Gasteiger partial charge is 0.336 e. The molecule has 1 heterocycles. The fourth-order valence-electron chi connectivity index (χ4n) is 1.88. The molecule has 0 saturated carbocycles. The molecular formula is C15H14O2S. The number of hydrogen-bond acceptors (Lipinski definition) is 2. The lowest BCUT2D eigenvalue weighted by Crippen LogP contribution is -2.02. The molecule has 1 aliphatic heterocycles. The zero-order chi connectivity index (χ0) is 13.0. The van der Waals surface area contributed by atoms with E-state index in [2.05, 4.69) is 6.08 Å². The summed E-state index contributed by atoms with van der Waals surface area (Å²) in [5, 5.41) is 9.24. The summed E-state index contributed by atoms with van der Waals surface area (Å²) in [7, 11) is 0. The first-order valence-electron chi connectivity index (χ1n) is 5.73. The molecule has 0 radical (unpaired) electrons. The Kier molecular flexibility index (Phi) is 4.05. The number of rotatable bonds is 3. The van der Waals surface area contributed by atoms with E-state index in [0.29, 0.717) is 5.56 Å². The largest absolute Gasteiger partial charge is 0.478 e. The number of hydrogen-bond donors (Lipinski definition) is 1. The average Bonchev–Trinajstić information content (AvgIpc) is 2.40. The zero-order valence-corrected chi connectivity index (χ0v) is 10.9. The summed E-state index contributed by atoms with van der Waals surface area (Å²) < 4.78 is 0. The Hall–Kier alpha value is -1.74. The molecule has 0 aromatic heterocycles. The molecule has 2 rings (SSSR count). The Morgan fingerprint density at radius 1 is 1.44 bits per heavy atom. The van der Waals surface area contributed by atoms with Crippen LogP contribution in [-0.4, -0.2) is 16.8 Å². The van der Waals surface area contributed by atoms with Gasteiger partial charge < -0.3 is 5.11 Å². The van der Waals surface area contributed by atoms with E-state index >= 15 is 0 Å². The maximum absolute atomic E-state index is 11.3. The maximum atomic E-state index is 11.3. The monoisotopic (exact) mass is 258 g/mol. The summed E-state index contributed by atoms with van der Waals surface area (Å²) in [6.07, 6.45) is 9.86. The van der Waals surface area contributed by atoms with E-state index in [9.17, 15) is 9.90 Å². The van der Waals surface area contributed by atoms with Crippen LogP contribution < -0.4 is 0 Å². The predicted octanol–water partition coefficient (Wildman–Crippen LogP) is 4.06. The number of carbonyl (C=O) groups is 1. The van der Waals surface area contributed by atoms with Crippen LogP contribution in [0, 0.1) is 0 Å². The second-order valence-corrected chi connectivity index (χ2v) is 4.90. The van der Waals surface area contributed by atoms with Crippen LogP contribution in [0.5, 0.6) is 0 Å². The molecule has 3 heteroatoms. The minimum Gasteiger partial charge on any atom is -0.478 e. The van der Waals surface area contributed by atoms with Crippen molar-refractivity contribution in [2.24, 2.45) is 0 Å². The van der Waals surface area contributed by atoms with E-state index in [4.69, 9.17) is 0 Å². The van der Waals surface area contributed by atoms with Gasteiger partial charge in [-0.2, -0.15) is 0 Å². The van der Waals surface area contributed by atoms with Gasteiger partial charge in [0.05, 0.1) is 5.56 Å². The second-order valence-electron chi connectivity index (χ2n) is 3.84. The summed E-state index contributed by atoms with van der Waals surface area (Å²) in [5.74, 6) is 0.0419. The van der Waals surface area contributed by atoms with Gasteiger partial charge in [0.15, 0.2) is 0 Å². The van der Waals surface area contributed by atoms with Crippen LogP contribution >= 0.6 is 11.8 Å². The van der Waals surface area contributed by atoms with Crippen LogP contribution in [0.1, 0.15) is 28.4 Å². The van der Waals surface area contributed by atoms with Crippen molar-refractivity contribution >= 4 is 28.7 Å². The highest BCUT2D eigenvalue weighted by molar-refractivity contribution is 8.08. The van der Waals surface area contributed by atoms with E-state index in [1.54, 1.807) is 23.9 Å². The summed E-state index contributed by atoms with van der Waals surface area (Å²) in [5.41, 5.74) is 2.12. The van der Waals surface area contributed by atoms with E-state index in [-0.39, 0.29) is 0 Å². The number of allylic oxidation sites excluding steroid dienone is 3.